The van der Waals surface area contributed by atoms with Gasteiger partial charge in [-0.1, -0.05) is 44.2 Å². The molecule has 24 heavy (non-hydrogen) atoms. The van der Waals surface area contributed by atoms with Crippen LogP contribution in [0, 0.1) is 12.8 Å². The Bertz CT molecular complexity index is 882. The Balaban J connectivity index is 2.28. The van der Waals surface area contributed by atoms with Crippen LogP contribution in [-0.4, -0.2) is 16.1 Å². The number of thiazole rings is 1. The SMILES string of the molecule is Cc1cc2nc(CC(C)C)sc2c(-c2ccccc2)c1CC(=O)O. The summed E-state index contributed by atoms with van der Waals surface area (Å²) in [6.07, 6.45) is 0.976. The first-order valence-electron chi connectivity index (χ1n) is 8.14. The van der Waals surface area contributed by atoms with E-state index in [-0.39, 0.29) is 6.42 Å². The quantitative estimate of drug-likeness (QED) is 0.704. The lowest BCUT2D eigenvalue weighted by Gasteiger charge is -2.12. The van der Waals surface area contributed by atoms with E-state index in [4.69, 9.17) is 4.98 Å². The van der Waals surface area contributed by atoms with Crippen molar-refractivity contribution in [2.45, 2.75) is 33.6 Å². The Labute approximate surface area is 146 Å². The van der Waals surface area contributed by atoms with Gasteiger partial charge in [0.05, 0.1) is 21.6 Å². The summed E-state index contributed by atoms with van der Waals surface area (Å²) in [4.78, 5) is 16.2. The molecule has 0 aliphatic rings. The molecular weight excluding hydrogens is 318 g/mol. The Morgan fingerprint density at radius 1 is 1.25 bits per heavy atom. The molecule has 0 spiro atoms. The van der Waals surface area contributed by atoms with E-state index in [2.05, 4.69) is 13.8 Å². The maximum absolute atomic E-state index is 11.4. The van der Waals surface area contributed by atoms with Gasteiger partial charge in [0.15, 0.2) is 0 Å². The zero-order chi connectivity index (χ0) is 17.3. The maximum atomic E-state index is 11.4. The molecular formula is C20H21NO2S. The first kappa shape index (κ1) is 16.7. The molecule has 1 aromatic heterocycles. The zero-order valence-electron chi connectivity index (χ0n) is 14.2. The average molecular weight is 339 g/mol. The molecule has 0 atom stereocenters. The number of aromatic nitrogens is 1. The number of hydrogen-bond donors (Lipinski definition) is 1. The molecule has 2 aromatic carbocycles. The van der Waals surface area contributed by atoms with Gasteiger partial charge < -0.3 is 5.11 Å². The van der Waals surface area contributed by atoms with Gasteiger partial charge in [0.25, 0.3) is 0 Å². The fourth-order valence-corrected chi connectivity index (χ4v) is 4.36. The molecule has 0 saturated heterocycles. The van der Waals surface area contributed by atoms with Crippen molar-refractivity contribution in [3.8, 4) is 11.1 Å². The summed E-state index contributed by atoms with van der Waals surface area (Å²) in [5.74, 6) is -0.258. The van der Waals surface area contributed by atoms with Crippen molar-refractivity contribution in [3.05, 3.63) is 52.5 Å². The van der Waals surface area contributed by atoms with Gasteiger partial charge in [-0.05, 0) is 35.6 Å². The predicted octanol–water partition coefficient (Wildman–Crippen LogP) is 5.10. The summed E-state index contributed by atoms with van der Waals surface area (Å²) in [7, 11) is 0. The number of rotatable bonds is 5. The first-order valence-corrected chi connectivity index (χ1v) is 8.96. The predicted molar refractivity (Wildman–Crippen MR) is 99.7 cm³/mol. The van der Waals surface area contributed by atoms with Gasteiger partial charge in [-0.25, -0.2) is 4.98 Å². The molecule has 0 aliphatic carbocycles. The van der Waals surface area contributed by atoms with E-state index in [1.165, 1.54) is 0 Å². The Hall–Kier alpha value is -2.20. The number of benzene rings is 2. The molecule has 3 aromatic rings. The van der Waals surface area contributed by atoms with E-state index in [1.807, 2.05) is 43.3 Å². The van der Waals surface area contributed by atoms with Crippen molar-refractivity contribution >= 4 is 27.5 Å². The number of fused-ring (bicyclic) bond motifs is 1. The zero-order valence-corrected chi connectivity index (χ0v) is 15.0. The molecule has 0 radical (unpaired) electrons. The lowest BCUT2D eigenvalue weighted by molar-refractivity contribution is -0.136. The normalized spacial score (nSPS) is 11.3. The summed E-state index contributed by atoms with van der Waals surface area (Å²) in [6.45, 7) is 6.35. The van der Waals surface area contributed by atoms with Crippen LogP contribution >= 0.6 is 11.3 Å². The largest absolute Gasteiger partial charge is 0.481 e. The van der Waals surface area contributed by atoms with Gasteiger partial charge in [-0.2, -0.15) is 0 Å². The highest BCUT2D eigenvalue weighted by Crippen LogP contribution is 2.38. The van der Waals surface area contributed by atoms with Crippen molar-refractivity contribution in [2.24, 2.45) is 5.92 Å². The minimum Gasteiger partial charge on any atom is -0.481 e. The van der Waals surface area contributed by atoms with Gasteiger partial charge in [0.2, 0.25) is 0 Å². The van der Waals surface area contributed by atoms with Gasteiger partial charge in [-0.3, -0.25) is 4.79 Å². The lowest BCUT2D eigenvalue weighted by atomic mass is 9.93. The fraction of sp³-hybridized carbons (Fsp3) is 0.300. The number of aryl methyl sites for hydroxylation is 1. The molecule has 4 heteroatoms. The molecule has 1 heterocycles. The minimum atomic E-state index is -0.804. The summed E-state index contributed by atoms with van der Waals surface area (Å²) < 4.78 is 1.10. The van der Waals surface area contributed by atoms with Gasteiger partial charge in [0, 0.05) is 12.0 Å². The number of carboxylic acid groups (broad SMARTS) is 1. The number of aliphatic carboxylic acids is 1. The molecule has 0 saturated carbocycles. The van der Waals surface area contributed by atoms with E-state index >= 15 is 0 Å². The Morgan fingerprint density at radius 2 is 1.96 bits per heavy atom. The number of carboxylic acids is 1. The molecule has 0 bridgehead atoms. The van der Waals surface area contributed by atoms with E-state index in [1.54, 1.807) is 11.3 Å². The highest BCUT2D eigenvalue weighted by atomic mass is 32.1. The van der Waals surface area contributed by atoms with E-state index in [9.17, 15) is 9.90 Å². The third kappa shape index (κ3) is 3.34. The van der Waals surface area contributed by atoms with Gasteiger partial charge in [0.1, 0.15) is 0 Å². The van der Waals surface area contributed by atoms with Crippen molar-refractivity contribution < 1.29 is 9.90 Å². The smallest absolute Gasteiger partial charge is 0.307 e. The van der Waals surface area contributed by atoms with Gasteiger partial charge in [-0.15, -0.1) is 11.3 Å². The summed E-state index contributed by atoms with van der Waals surface area (Å²) in [5, 5.41) is 10.5. The molecule has 124 valence electrons. The van der Waals surface area contributed by atoms with Crippen molar-refractivity contribution in [3.63, 3.8) is 0 Å². The summed E-state index contributed by atoms with van der Waals surface area (Å²) >= 11 is 1.69. The molecule has 3 rings (SSSR count). The van der Waals surface area contributed by atoms with Crippen LogP contribution in [0.2, 0.25) is 0 Å². The Kier molecular flexibility index (Phi) is 4.67. The van der Waals surface area contributed by atoms with E-state index in [0.29, 0.717) is 5.92 Å². The fourth-order valence-electron chi connectivity index (χ4n) is 3.01. The monoisotopic (exact) mass is 339 g/mol. The van der Waals surface area contributed by atoms with Crippen LogP contribution in [0.1, 0.15) is 30.0 Å². The summed E-state index contributed by atoms with van der Waals surface area (Å²) in [6, 6.07) is 12.1. The molecule has 0 unspecified atom stereocenters. The highest BCUT2D eigenvalue weighted by Gasteiger charge is 2.18. The van der Waals surface area contributed by atoms with Crippen LogP contribution in [0.5, 0.6) is 0 Å². The second-order valence-corrected chi connectivity index (χ2v) is 7.62. The molecule has 0 aliphatic heterocycles. The molecule has 0 fully saturated rings. The van der Waals surface area contributed by atoms with Crippen LogP contribution < -0.4 is 0 Å². The second-order valence-electron chi connectivity index (χ2n) is 6.54. The Morgan fingerprint density at radius 3 is 2.58 bits per heavy atom. The van der Waals surface area contributed by atoms with E-state index in [0.717, 1.165) is 43.9 Å². The van der Waals surface area contributed by atoms with Crippen molar-refractivity contribution in [1.82, 2.24) is 4.98 Å². The van der Waals surface area contributed by atoms with E-state index < -0.39 is 5.97 Å². The number of hydrogen-bond acceptors (Lipinski definition) is 3. The topological polar surface area (TPSA) is 50.2 Å². The first-order chi connectivity index (χ1) is 11.5. The summed E-state index contributed by atoms with van der Waals surface area (Å²) in [5.41, 5.74) is 4.94. The van der Waals surface area contributed by atoms with Crippen LogP contribution in [0.15, 0.2) is 36.4 Å². The highest BCUT2D eigenvalue weighted by molar-refractivity contribution is 7.19. The molecule has 0 amide bonds. The molecule has 1 N–H and O–H groups in total. The average Bonchev–Trinajstić information content (AvgIpc) is 2.89. The third-order valence-corrected chi connectivity index (χ3v) is 5.14. The lowest BCUT2D eigenvalue weighted by Crippen LogP contribution is -2.04. The standard InChI is InChI=1S/C20H21NO2S/c1-12(2)9-17-21-16-10-13(3)15(11-18(22)23)19(20(16)24-17)14-7-5-4-6-8-14/h4-8,10,12H,9,11H2,1-3H3,(H,22,23). The second kappa shape index (κ2) is 6.73. The number of carbonyl (C=O) groups is 1. The third-order valence-electron chi connectivity index (χ3n) is 4.03. The van der Waals surface area contributed by atoms with Crippen LogP contribution in [0.4, 0.5) is 0 Å². The minimum absolute atomic E-state index is 0.0312. The van der Waals surface area contributed by atoms with Crippen LogP contribution in [-0.2, 0) is 17.6 Å². The van der Waals surface area contributed by atoms with Crippen molar-refractivity contribution in [2.75, 3.05) is 0 Å². The maximum Gasteiger partial charge on any atom is 0.307 e. The van der Waals surface area contributed by atoms with Gasteiger partial charge >= 0.3 is 5.97 Å². The molecule has 3 nitrogen and oxygen atoms in total. The van der Waals surface area contributed by atoms with Crippen LogP contribution in [0.25, 0.3) is 21.3 Å². The van der Waals surface area contributed by atoms with Crippen molar-refractivity contribution in [1.29, 1.82) is 0 Å². The van der Waals surface area contributed by atoms with Crippen LogP contribution in [0.3, 0.4) is 0 Å². The number of nitrogens with zero attached hydrogens (tertiary/aromatic N) is 1.